The van der Waals surface area contributed by atoms with Crippen LogP contribution in [0.2, 0.25) is 0 Å². The molecule has 2 fully saturated rings. The van der Waals surface area contributed by atoms with Gasteiger partial charge in [0.05, 0.1) is 24.2 Å². The Kier molecular flexibility index (Phi) is 6.91. The van der Waals surface area contributed by atoms with Gasteiger partial charge in [0.25, 0.3) is 0 Å². The first-order valence-corrected chi connectivity index (χ1v) is 11.5. The van der Waals surface area contributed by atoms with Gasteiger partial charge in [0, 0.05) is 43.7 Å². The standard InChI is InChI=1S/C18H26BrN3O4S/c1-2-16-13-21(10-11-26-16)18(23)14-20-6-8-22(9-7-20)27(24,25)17-5-3-4-15(19)12-17/h3-5,12,16H,2,6-11,13-14H2,1H3. The number of hydrogen-bond acceptors (Lipinski definition) is 5. The van der Waals surface area contributed by atoms with E-state index in [1.807, 2.05) is 9.80 Å². The minimum absolute atomic E-state index is 0.0973. The molecule has 0 radical (unpaired) electrons. The molecule has 2 saturated heterocycles. The molecule has 0 aromatic heterocycles. The van der Waals surface area contributed by atoms with Gasteiger partial charge in [0.1, 0.15) is 0 Å². The highest BCUT2D eigenvalue weighted by atomic mass is 79.9. The fourth-order valence-electron chi connectivity index (χ4n) is 3.39. The fourth-order valence-corrected chi connectivity index (χ4v) is 5.41. The van der Waals surface area contributed by atoms with E-state index in [0.717, 1.165) is 10.9 Å². The quantitative estimate of drug-likeness (QED) is 0.665. The number of rotatable bonds is 5. The van der Waals surface area contributed by atoms with Gasteiger partial charge in [-0.05, 0) is 24.6 Å². The van der Waals surface area contributed by atoms with Gasteiger partial charge >= 0.3 is 0 Å². The first-order chi connectivity index (χ1) is 12.9. The van der Waals surface area contributed by atoms with Gasteiger partial charge in [-0.2, -0.15) is 4.31 Å². The molecule has 1 aromatic carbocycles. The van der Waals surface area contributed by atoms with E-state index in [0.29, 0.717) is 57.3 Å². The SMILES string of the molecule is CCC1CN(C(=O)CN2CCN(S(=O)(=O)c3cccc(Br)c3)CC2)CCO1. The number of hydrogen-bond donors (Lipinski definition) is 0. The maximum atomic E-state index is 12.8. The van der Waals surface area contributed by atoms with Gasteiger partial charge in [0.2, 0.25) is 15.9 Å². The van der Waals surface area contributed by atoms with Crippen LogP contribution in [0.3, 0.4) is 0 Å². The second-order valence-corrected chi connectivity index (χ2v) is 9.73. The van der Waals surface area contributed by atoms with E-state index in [2.05, 4.69) is 22.9 Å². The maximum absolute atomic E-state index is 12.8. The van der Waals surface area contributed by atoms with E-state index < -0.39 is 10.0 Å². The molecule has 27 heavy (non-hydrogen) atoms. The third-order valence-corrected chi connectivity index (χ3v) is 7.46. The van der Waals surface area contributed by atoms with Gasteiger partial charge in [-0.25, -0.2) is 8.42 Å². The third-order valence-electron chi connectivity index (χ3n) is 5.07. The number of amides is 1. The zero-order valence-corrected chi connectivity index (χ0v) is 17.9. The second kappa shape index (κ2) is 9.00. The number of carbonyl (C=O) groups excluding carboxylic acids is 1. The Morgan fingerprint density at radius 3 is 2.63 bits per heavy atom. The molecule has 2 aliphatic heterocycles. The van der Waals surface area contributed by atoms with Crippen LogP contribution in [0.5, 0.6) is 0 Å². The average molecular weight is 460 g/mol. The molecule has 0 bridgehead atoms. The lowest BCUT2D eigenvalue weighted by atomic mass is 10.2. The van der Waals surface area contributed by atoms with Crippen LogP contribution in [0.1, 0.15) is 13.3 Å². The van der Waals surface area contributed by atoms with Crippen LogP contribution in [0.15, 0.2) is 33.6 Å². The molecule has 3 rings (SSSR count). The van der Waals surface area contributed by atoms with Crippen LogP contribution in [0, 0.1) is 0 Å². The molecule has 2 heterocycles. The number of morpholine rings is 1. The van der Waals surface area contributed by atoms with Crippen LogP contribution in [-0.2, 0) is 19.6 Å². The van der Waals surface area contributed by atoms with E-state index in [9.17, 15) is 13.2 Å². The number of sulfonamides is 1. The number of ether oxygens (including phenoxy) is 1. The highest BCUT2D eigenvalue weighted by Gasteiger charge is 2.30. The van der Waals surface area contributed by atoms with Gasteiger partial charge in [0.15, 0.2) is 0 Å². The summed E-state index contributed by atoms with van der Waals surface area (Å²) in [5.74, 6) is 0.0973. The smallest absolute Gasteiger partial charge is 0.243 e. The van der Waals surface area contributed by atoms with Crippen molar-refractivity contribution in [2.24, 2.45) is 0 Å². The fraction of sp³-hybridized carbons (Fsp3) is 0.611. The van der Waals surface area contributed by atoms with Crippen LogP contribution in [0.25, 0.3) is 0 Å². The molecule has 0 saturated carbocycles. The summed E-state index contributed by atoms with van der Waals surface area (Å²) in [4.78, 5) is 16.7. The number of halogens is 1. The highest BCUT2D eigenvalue weighted by Crippen LogP contribution is 2.21. The van der Waals surface area contributed by atoms with E-state index in [1.165, 1.54) is 4.31 Å². The van der Waals surface area contributed by atoms with Crippen molar-refractivity contribution in [1.82, 2.24) is 14.1 Å². The first kappa shape index (κ1) is 20.7. The highest BCUT2D eigenvalue weighted by molar-refractivity contribution is 9.10. The van der Waals surface area contributed by atoms with Crippen LogP contribution >= 0.6 is 15.9 Å². The molecule has 9 heteroatoms. The molecule has 0 aliphatic carbocycles. The van der Waals surface area contributed by atoms with Crippen LogP contribution in [-0.4, -0.2) is 87.0 Å². The lowest BCUT2D eigenvalue weighted by Crippen LogP contribution is -2.53. The molecule has 1 amide bonds. The number of nitrogens with zero attached hydrogens (tertiary/aromatic N) is 3. The summed E-state index contributed by atoms with van der Waals surface area (Å²) in [5, 5.41) is 0. The Labute approximate surface area is 169 Å². The molecule has 1 aromatic rings. The van der Waals surface area contributed by atoms with Gasteiger partial charge in [-0.15, -0.1) is 0 Å². The normalized spacial score (nSPS) is 22.7. The monoisotopic (exact) mass is 459 g/mol. The Hall–Kier alpha value is -1.00. The van der Waals surface area contributed by atoms with Crippen molar-refractivity contribution in [3.8, 4) is 0 Å². The molecule has 0 N–H and O–H groups in total. The Bertz CT molecular complexity index is 766. The van der Waals surface area contributed by atoms with E-state index in [-0.39, 0.29) is 12.0 Å². The largest absolute Gasteiger partial charge is 0.375 e. The van der Waals surface area contributed by atoms with Crippen molar-refractivity contribution in [3.05, 3.63) is 28.7 Å². The molecule has 1 atom stereocenters. The summed E-state index contributed by atoms with van der Waals surface area (Å²) >= 11 is 3.32. The average Bonchev–Trinajstić information content (AvgIpc) is 2.68. The minimum Gasteiger partial charge on any atom is -0.375 e. The minimum atomic E-state index is -3.50. The van der Waals surface area contributed by atoms with Crippen molar-refractivity contribution in [2.75, 3.05) is 52.4 Å². The molecule has 7 nitrogen and oxygen atoms in total. The van der Waals surface area contributed by atoms with Gasteiger partial charge in [-0.3, -0.25) is 9.69 Å². The second-order valence-electron chi connectivity index (χ2n) is 6.88. The maximum Gasteiger partial charge on any atom is 0.243 e. The Morgan fingerprint density at radius 2 is 1.96 bits per heavy atom. The number of carbonyl (C=O) groups is 1. The summed E-state index contributed by atoms with van der Waals surface area (Å²) in [7, 11) is -3.50. The molecule has 150 valence electrons. The number of piperazine rings is 1. The Balaban J connectivity index is 1.53. The molecular weight excluding hydrogens is 434 g/mol. The van der Waals surface area contributed by atoms with Gasteiger partial charge in [-0.1, -0.05) is 28.9 Å². The Morgan fingerprint density at radius 1 is 1.22 bits per heavy atom. The predicted octanol–water partition coefficient (Wildman–Crippen LogP) is 1.39. The van der Waals surface area contributed by atoms with E-state index >= 15 is 0 Å². The molecular formula is C18H26BrN3O4S. The zero-order chi connectivity index (χ0) is 19.4. The summed E-state index contributed by atoms with van der Waals surface area (Å²) in [6.07, 6.45) is 1.02. The van der Waals surface area contributed by atoms with Crippen LogP contribution < -0.4 is 0 Å². The van der Waals surface area contributed by atoms with Crippen molar-refractivity contribution in [3.63, 3.8) is 0 Å². The van der Waals surface area contributed by atoms with Crippen LogP contribution in [0.4, 0.5) is 0 Å². The first-order valence-electron chi connectivity index (χ1n) is 9.27. The lowest BCUT2D eigenvalue weighted by Gasteiger charge is -2.36. The van der Waals surface area contributed by atoms with Crippen molar-refractivity contribution < 1.29 is 17.9 Å². The third kappa shape index (κ3) is 5.08. The summed E-state index contributed by atoms with van der Waals surface area (Å²) in [6.45, 7) is 6.15. The van der Waals surface area contributed by atoms with Crippen molar-refractivity contribution in [1.29, 1.82) is 0 Å². The van der Waals surface area contributed by atoms with Crippen molar-refractivity contribution in [2.45, 2.75) is 24.3 Å². The predicted molar refractivity (Wildman–Crippen MR) is 106 cm³/mol. The topological polar surface area (TPSA) is 70.2 Å². The van der Waals surface area contributed by atoms with E-state index in [1.54, 1.807) is 24.3 Å². The van der Waals surface area contributed by atoms with E-state index in [4.69, 9.17) is 4.74 Å². The van der Waals surface area contributed by atoms with Crippen molar-refractivity contribution >= 4 is 31.9 Å². The summed E-state index contributed by atoms with van der Waals surface area (Å²) in [5.41, 5.74) is 0. The molecule has 1 unspecified atom stereocenters. The summed E-state index contributed by atoms with van der Waals surface area (Å²) in [6, 6.07) is 6.75. The zero-order valence-electron chi connectivity index (χ0n) is 15.5. The molecule has 2 aliphatic rings. The number of benzene rings is 1. The molecule has 0 spiro atoms. The summed E-state index contributed by atoms with van der Waals surface area (Å²) < 4.78 is 33.4. The van der Waals surface area contributed by atoms with Gasteiger partial charge < -0.3 is 9.64 Å². The lowest BCUT2D eigenvalue weighted by molar-refractivity contribution is -0.140.